The number of aromatic nitrogens is 1. The van der Waals surface area contributed by atoms with E-state index in [1.54, 1.807) is 0 Å². The van der Waals surface area contributed by atoms with Crippen molar-refractivity contribution in [2.75, 3.05) is 4.90 Å². The molecular weight excluding hydrogens is 677 g/mol. The molecule has 0 spiro atoms. The molecule has 0 saturated carbocycles. The van der Waals surface area contributed by atoms with Gasteiger partial charge in [-0.05, 0) is 88.0 Å². The Morgan fingerprint density at radius 2 is 0.804 bits per heavy atom. The highest BCUT2D eigenvalue weighted by Gasteiger charge is 2.23. The van der Waals surface area contributed by atoms with E-state index in [9.17, 15) is 0 Å². The van der Waals surface area contributed by atoms with Crippen LogP contribution in [0.2, 0.25) is 0 Å². The molecule has 0 bridgehead atoms. The zero-order valence-electron chi connectivity index (χ0n) is 30.8. The van der Waals surface area contributed by atoms with Gasteiger partial charge in [-0.3, -0.25) is 0 Å². The maximum absolute atomic E-state index is 2.45. The fourth-order valence-corrected chi connectivity index (χ4v) is 8.23. The van der Waals surface area contributed by atoms with E-state index in [0.717, 1.165) is 39.4 Å². The summed E-state index contributed by atoms with van der Waals surface area (Å²) in [6.07, 6.45) is 0. The molecule has 0 amide bonds. The van der Waals surface area contributed by atoms with Crippen LogP contribution in [0.25, 0.3) is 72.0 Å². The number of anilines is 3. The Kier molecular flexibility index (Phi) is 8.55. The zero-order chi connectivity index (χ0) is 37.3. The molecule has 0 aliphatic carbocycles. The molecule has 0 atom stereocenters. The summed E-state index contributed by atoms with van der Waals surface area (Å²) in [6.45, 7) is 0. The Hall–Kier alpha value is -7.42. The van der Waals surface area contributed by atoms with E-state index in [1.165, 1.54) is 49.6 Å². The second kappa shape index (κ2) is 14.4. The molecule has 0 N–H and O–H groups in total. The van der Waals surface area contributed by atoms with Crippen LogP contribution >= 0.6 is 0 Å². The van der Waals surface area contributed by atoms with Gasteiger partial charge in [0, 0.05) is 33.3 Å². The number of nitrogens with zero attached hydrogens (tertiary/aromatic N) is 2. The fourth-order valence-electron chi connectivity index (χ4n) is 8.23. The second-order valence-corrected chi connectivity index (χ2v) is 14.1. The standard InChI is InChI=1S/C54H38N2/c1-5-18-39(19-6-1)41-32-35-45(36-33-41)55(52-37-34-43(40-20-7-2-8-21-40)38-49(52)42-22-9-3-10-23-42)50-29-15-13-26-46(50)47-28-17-31-53-54(47)48-27-14-16-30-51(48)56(53)44-24-11-4-12-25-44/h1-38H. The van der Waals surface area contributed by atoms with Crippen molar-refractivity contribution in [3.8, 4) is 50.2 Å². The lowest BCUT2D eigenvalue weighted by molar-refractivity contribution is 1.18. The van der Waals surface area contributed by atoms with Gasteiger partial charge in [-0.2, -0.15) is 0 Å². The average Bonchev–Trinajstić information content (AvgIpc) is 3.63. The average molecular weight is 715 g/mol. The van der Waals surface area contributed by atoms with Gasteiger partial charge >= 0.3 is 0 Å². The van der Waals surface area contributed by atoms with Gasteiger partial charge in [-0.1, -0.05) is 176 Å². The molecule has 0 saturated heterocycles. The molecule has 0 fully saturated rings. The van der Waals surface area contributed by atoms with E-state index < -0.39 is 0 Å². The highest BCUT2D eigenvalue weighted by atomic mass is 15.1. The summed E-state index contributed by atoms with van der Waals surface area (Å²) in [5, 5.41) is 2.47. The maximum Gasteiger partial charge on any atom is 0.0547 e. The third-order valence-corrected chi connectivity index (χ3v) is 10.8. The molecule has 0 aliphatic heterocycles. The van der Waals surface area contributed by atoms with Crippen LogP contribution < -0.4 is 4.90 Å². The topological polar surface area (TPSA) is 8.17 Å². The Morgan fingerprint density at radius 3 is 1.52 bits per heavy atom. The van der Waals surface area contributed by atoms with E-state index in [0.29, 0.717) is 0 Å². The highest BCUT2D eigenvalue weighted by molar-refractivity contribution is 6.17. The van der Waals surface area contributed by atoms with E-state index in [2.05, 4.69) is 240 Å². The number of rotatable bonds is 8. The lowest BCUT2D eigenvalue weighted by atomic mass is 9.94. The minimum Gasteiger partial charge on any atom is -0.309 e. The number of hydrogen-bond acceptors (Lipinski definition) is 1. The molecule has 1 heterocycles. The van der Waals surface area contributed by atoms with Crippen LogP contribution in [0.4, 0.5) is 17.1 Å². The van der Waals surface area contributed by atoms with E-state index in [-0.39, 0.29) is 0 Å². The molecule has 0 aliphatic rings. The van der Waals surface area contributed by atoms with Crippen molar-refractivity contribution in [3.63, 3.8) is 0 Å². The molecule has 0 radical (unpaired) electrons. The van der Waals surface area contributed by atoms with Gasteiger partial charge in [-0.25, -0.2) is 0 Å². The van der Waals surface area contributed by atoms with Crippen LogP contribution in [0.1, 0.15) is 0 Å². The number of hydrogen-bond donors (Lipinski definition) is 0. The van der Waals surface area contributed by atoms with Crippen LogP contribution in [0.3, 0.4) is 0 Å². The largest absolute Gasteiger partial charge is 0.309 e. The Labute approximate surface area is 327 Å². The normalized spacial score (nSPS) is 11.2. The quantitative estimate of drug-likeness (QED) is 0.152. The van der Waals surface area contributed by atoms with Crippen molar-refractivity contribution >= 4 is 38.9 Å². The van der Waals surface area contributed by atoms with E-state index >= 15 is 0 Å². The minimum absolute atomic E-state index is 1.08. The minimum atomic E-state index is 1.08. The van der Waals surface area contributed by atoms with Crippen LogP contribution in [0, 0.1) is 0 Å². The lowest BCUT2D eigenvalue weighted by Gasteiger charge is -2.30. The van der Waals surface area contributed by atoms with Gasteiger partial charge in [-0.15, -0.1) is 0 Å². The van der Waals surface area contributed by atoms with Crippen LogP contribution in [-0.4, -0.2) is 4.57 Å². The molecule has 10 aromatic rings. The monoisotopic (exact) mass is 714 g/mol. The predicted molar refractivity (Wildman–Crippen MR) is 237 cm³/mol. The molecule has 1 aromatic heterocycles. The zero-order valence-corrected chi connectivity index (χ0v) is 30.8. The van der Waals surface area contributed by atoms with Crippen molar-refractivity contribution < 1.29 is 0 Å². The van der Waals surface area contributed by atoms with Gasteiger partial charge in [0.2, 0.25) is 0 Å². The van der Waals surface area contributed by atoms with Crippen molar-refractivity contribution in [1.29, 1.82) is 0 Å². The van der Waals surface area contributed by atoms with Crippen molar-refractivity contribution in [1.82, 2.24) is 4.57 Å². The molecule has 264 valence electrons. The maximum atomic E-state index is 2.45. The fraction of sp³-hybridized carbons (Fsp3) is 0. The molecule has 2 nitrogen and oxygen atoms in total. The first-order chi connectivity index (χ1) is 27.8. The molecule has 9 aromatic carbocycles. The summed E-state index contributed by atoms with van der Waals surface area (Å²) in [5.74, 6) is 0. The van der Waals surface area contributed by atoms with Crippen molar-refractivity contribution in [2.24, 2.45) is 0 Å². The molecule has 2 heteroatoms. The van der Waals surface area contributed by atoms with Gasteiger partial charge in [0.1, 0.15) is 0 Å². The van der Waals surface area contributed by atoms with Crippen molar-refractivity contribution in [2.45, 2.75) is 0 Å². The summed E-state index contributed by atoms with van der Waals surface area (Å²) < 4.78 is 2.40. The molecule has 0 unspecified atom stereocenters. The summed E-state index contributed by atoms with van der Waals surface area (Å²) in [5.41, 5.74) is 16.2. The molecular formula is C54H38N2. The van der Waals surface area contributed by atoms with Crippen molar-refractivity contribution in [3.05, 3.63) is 231 Å². The second-order valence-electron chi connectivity index (χ2n) is 14.1. The lowest BCUT2D eigenvalue weighted by Crippen LogP contribution is -2.12. The number of benzene rings is 9. The Bertz CT molecular complexity index is 2930. The van der Waals surface area contributed by atoms with E-state index in [4.69, 9.17) is 0 Å². The molecule has 10 rings (SSSR count). The predicted octanol–water partition coefficient (Wildman–Crippen LogP) is 14.9. The van der Waals surface area contributed by atoms with Gasteiger partial charge in [0.15, 0.2) is 0 Å². The SMILES string of the molecule is c1ccc(-c2ccc(N(c3ccc(-c4ccccc4)cc3-c3ccccc3)c3ccccc3-c3cccc4c3c3ccccc3n4-c3ccccc3)cc2)cc1. The Morgan fingerprint density at radius 1 is 0.304 bits per heavy atom. The number of fused-ring (bicyclic) bond motifs is 3. The summed E-state index contributed by atoms with van der Waals surface area (Å²) in [4.78, 5) is 2.45. The summed E-state index contributed by atoms with van der Waals surface area (Å²) in [6, 6.07) is 83.1. The van der Waals surface area contributed by atoms with Gasteiger partial charge < -0.3 is 9.47 Å². The smallest absolute Gasteiger partial charge is 0.0547 e. The third-order valence-electron chi connectivity index (χ3n) is 10.8. The van der Waals surface area contributed by atoms with Crippen LogP contribution in [0.15, 0.2) is 231 Å². The third kappa shape index (κ3) is 5.95. The molecule has 56 heavy (non-hydrogen) atoms. The highest BCUT2D eigenvalue weighted by Crippen LogP contribution is 2.48. The summed E-state index contributed by atoms with van der Waals surface area (Å²) >= 11 is 0. The Balaban J connectivity index is 1.24. The van der Waals surface area contributed by atoms with Gasteiger partial charge in [0.25, 0.3) is 0 Å². The first kappa shape index (κ1) is 33.2. The van der Waals surface area contributed by atoms with Gasteiger partial charge in [0.05, 0.1) is 22.4 Å². The first-order valence-corrected chi connectivity index (χ1v) is 19.2. The van der Waals surface area contributed by atoms with Crippen LogP contribution in [-0.2, 0) is 0 Å². The number of para-hydroxylation sites is 3. The first-order valence-electron chi connectivity index (χ1n) is 19.2. The van der Waals surface area contributed by atoms with Crippen LogP contribution in [0.5, 0.6) is 0 Å². The van der Waals surface area contributed by atoms with E-state index in [1.807, 2.05) is 0 Å². The summed E-state index contributed by atoms with van der Waals surface area (Å²) in [7, 11) is 0.